The first-order valence-corrected chi connectivity index (χ1v) is 5.94. The van der Waals surface area contributed by atoms with Crippen molar-refractivity contribution in [2.24, 2.45) is 7.05 Å². The van der Waals surface area contributed by atoms with Crippen molar-refractivity contribution in [1.29, 1.82) is 0 Å². The maximum atomic E-state index is 14.1. The Labute approximate surface area is 109 Å². The number of hydrogen-bond donors (Lipinski definition) is 1. The van der Waals surface area contributed by atoms with E-state index < -0.39 is 0 Å². The fourth-order valence-electron chi connectivity index (χ4n) is 2.21. The van der Waals surface area contributed by atoms with E-state index >= 15 is 0 Å². The third-order valence-corrected chi connectivity index (χ3v) is 3.15. The topological polar surface area (TPSA) is 56.7 Å². The second-order valence-electron chi connectivity index (χ2n) is 4.51. The number of fused-ring (bicyclic) bond motifs is 1. The third kappa shape index (κ3) is 2.03. The van der Waals surface area contributed by atoms with E-state index in [1.165, 1.54) is 6.07 Å². The Morgan fingerprint density at radius 2 is 2.16 bits per heavy atom. The molecule has 2 N–H and O–H groups in total. The number of nitrogens with zero attached hydrogens (tertiary/aromatic N) is 3. The minimum absolute atomic E-state index is 0.303. The number of aryl methyl sites for hydroxylation is 1. The van der Waals surface area contributed by atoms with Crippen molar-refractivity contribution in [3.8, 4) is 0 Å². The summed E-state index contributed by atoms with van der Waals surface area (Å²) in [5, 5.41) is 0. The van der Waals surface area contributed by atoms with Crippen LogP contribution < -0.4 is 5.73 Å². The summed E-state index contributed by atoms with van der Waals surface area (Å²) >= 11 is 0. The van der Waals surface area contributed by atoms with Crippen molar-refractivity contribution >= 4 is 17.0 Å². The van der Waals surface area contributed by atoms with Crippen LogP contribution in [0.15, 0.2) is 36.7 Å². The van der Waals surface area contributed by atoms with E-state index in [1.54, 1.807) is 24.0 Å². The number of pyridine rings is 1. The number of nitrogens with two attached hydrogens (primary N) is 1. The second kappa shape index (κ2) is 4.35. The highest BCUT2D eigenvalue weighted by atomic mass is 19.1. The first-order valence-electron chi connectivity index (χ1n) is 5.94. The predicted molar refractivity (Wildman–Crippen MR) is 72.1 cm³/mol. The lowest BCUT2D eigenvalue weighted by molar-refractivity contribution is 0.630. The maximum absolute atomic E-state index is 14.1. The zero-order valence-corrected chi connectivity index (χ0v) is 10.5. The van der Waals surface area contributed by atoms with Gasteiger partial charge < -0.3 is 10.3 Å². The smallest absolute Gasteiger partial charge is 0.201 e. The zero-order chi connectivity index (χ0) is 13.4. The number of rotatable bonds is 2. The van der Waals surface area contributed by atoms with Crippen LogP contribution in [0.1, 0.15) is 11.1 Å². The quantitative estimate of drug-likeness (QED) is 0.765. The van der Waals surface area contributed by atoms with Crippen molar-refractivity contribution in [2.75, 3.05) is 5.73 Å². The Bertz CT molecular complexity index is 734. The maximum Gasteiger partial charge on any atom is 0.201 e. The molecular formula is C14H13FN4. The number of anilines is 1. The Hall–Kier alpha value is -2.43. The number of hydrogen-bond acceptors (Lipinski definition) is 3. The van der Waals surface area contributed by atoms with Gasteiger partial charge in [0.1, 0.15) is 11.3 Å². The molecule has 4 nitrogen and oxygen atoms in total. The average molecular weight is 256 g/mol. The largest absolute Gasteiger partial charge is 0.369 e. The second-order valence-corrected chi connectivity index (χ2v) is 4.51. The number of halogens is 1. The lowest BCUT2D eigenvalue weighted by atomic mass is 10.1. The molecule has 2 heterocycles. The minimum atomic E-state index is -0.303. The highest BCUT2D eigenvalue weighted by molar-refractivity contribution is 5.79. The van der Waals surface area contributed by atoms with Crippen LogP contribution in [0.2, 0.25) is 0 Å². The number of aromatic nitrogens is 3. The molecule has 0 atom stereocenters. The SMILES string of the molecule is Cn1c(N)nc2cc(Cc3cccnc3)cc(F)c21. The van der Waals surface area contributed by atoms with Crippen molar-refractivity contribution in [1.82, 2.24) is 14.5 Å². The molecule has 0 fully saturated rings. The summed E-state index contributed by atoms with van der Waals surface area (Å²) in [5.41, 5.74) is 8.61. The van der Waals surface area contributed by atoms with E-state index in [0.717, 1.165) is 11.1 Å². The predicted octanol–water partition coefficient (Wildman–Crippen LogP) is 2.28. The number of benzene rings is 1. The molecule has 0 saturated carbocycles. The fourth-order valence-corrected chi connectivity index (χ4v) is 2.21. The molecule has 1 aromatic carbocycles. The summed E-state index contributed by atoms with van der Waals surface area (Å²) in [6, 6.07) is 7.21. The van der Waals surface area contributed by atoms with E-state index in [0.29, 0.717) is 23.4 Å². The molecule has 2 aromatic heterocycles. The molecule has 0 amide bonds. The number of nitrogen functional groups attached to an aromatic ring is 1. The van der Waals surface area contributed by atoms with Gasteiger partial charge in [-0.1, -0.05) is 6.07 Å². The van der Waals surface area contributed by atoms with Crippen LogP contribution in [0.4, 0.5) is 10.3 Å². The fraction of sp³-hybridized carbons (Fsp3) is 0.143. The van der Waals surface area contributed by atoms with Crippen LogP contribution in [0.3, 0.4) is 0 Å². The molecule has 5 heteroatoms. The molecule has 0 aliphatic rings. The molecule has 0 aliphatic heterocycles. The molecular weight excluding hydrogens is 243 g/mol. The average Bonchev–Trinajstić information content (AvgIpc) is 2.66. The van der Waals surface area contributed by atoms with Gasteiger partial charge in [-0.3, -0.25) is 4.98 Å². The van der Waals surface area contributed by atoms with Gasteiger partial charge in [-0.25, -0.2) is 9.37 Å². The van der Waals surface area contributed by atoms with E-state index in [-0.39, 0.29) is 5.82 Å². The van der Waals surface area contributed by atoms with Crippen molar-refractivity contribution < 1.29 is 4.39 Å². The van der Waals surface area contributed by atoms with Gasteiger partial charge in [0.05, 0.1) is 5.52 Å². The van der Waals surface area contributed by atoms with Gasteiger partial charge in [0.15, 0.2) is 0 Å². The molecule has 0 bridgehead atoms. The van der Waals surface area contributed by atoms with Crippen LogP contribution in [0.25, 0.3) is 11.0 Å². The zero-order valence-electron chi connectivity index (χ0n) is 10.5. The highest BCUT2D eigenvalue weighted by Gasteiger charge is 2.11. The highest BCUT2D eigenvalue weighted by Crippen LogP contribution is 2.22. The van der Waals surface area contributed by atoms with Gasteiger partial charge in [-0.05, 0) is 35.7 Å². The molecule has 3 aromatic rings. The van der Waals surface area contributed by atoms with Crippen LogP contribution in [0, 0.1) is 5.82 Å². The molecule has 0 spiro atoms. The van der Waals surface area contributed by atoms with Crippen LogP contribution in [-0.2, 0) is 13.5 Å². The first-order chi connectivity index (χ1) is 9.15. The summed E-state index contributed by atoms with van der Waals surface area (Å²) in [4.78, 5) is 8.21. The lowest BCUT2D eigenvalue weighted by Gasteiger charge is -2.03. The molecule has 96 valence electrons. The van der Waals surface area contributed by atoms with Crippen molar-refractivity contribution in [3.05, 3.63) is 53.6 Å². The first kappa shape index (κ1) is 11.6. The summed E-state index contributed by atoms with van der Waals surface area (Å²) < 4.78 is 15.6. The molecule has 0 unspecified atom stereocenters. The van der Waals surface area contributed by atoms with Gasteiger partial charge in [-0.2, -0.15) is 0 Å². The standard InChI is InChI=1S/C14H13FN4/c1-19-13-11(15)6-10(7-12(13)18-14(19)16)5-9-3-2-4-17-8-9/h2-4,6-8H,5H2,1H3,(H2,16,18). The minimum Gasteiger partial charge on any atom is -0.369 e. The van der Waals surface area contributed by atoms with Crippen LogP contribution >= 0.6 is 0 Å². The number of imidazole rings is 1. The molecule has 0 radical (unpaired) electrons. The van der Waals surface area contributed by atoms with Gasteiger partial charge in [0.25, 0.3) is 0 Å². The Balaban J connectivity index is 2.06. The summed E-state index contributed by atoms with van der Waals surface area (Å²) in [5.74, 6) is 0.00974. The third-order valence-electron chi connectivity index (χ3n) is 3.15. The van der Waals surface area contributed by atoms with Crippen LogP contribution in [0.5, 0.6) is 0 Å². The molecule has 19 heavy (non-hydrogen) atoms. The van der Waals surface area contributed by atoms with E-state index in [4.69, 9.17) is 5.73 Å². The van der Waals surface area contributed by atoms with E-state index in [9.17, 15) is 4.39 Å². The van der Waals surface area contributed by atoms with E-state index in [2.05, 4.69) is 9.97 Å². The van der Waals surface area contributed by atoms with Gasteiger partial charge >= 0.3 is 0 Å². The summed E-state index contributed by atoms with van der Waals surface area (Å²) in [6.45, 7) is 0. The van der Waals surface area contributed by atoms with Gasteiger partial charge in [0, 0.05) is 19.4 Å². The monoisotopic (exact) mass is 256 g/mol. The van der Waals surface area contributed by atoms with Crippen molar-refractivity contribution in [2.45, 2.75) is 6.42 Å². The molecule has 3 rings (SSSR count). The van der Waals surface area contributed by atoms with E-state index in [1.807, 2.05) is 18.2 Å². The Morgan fingerprint density at radius 1 is 1.32 bits per heavy atom. The van der Waals surface area contributed by atoms with Gasteiger partial charge in [-0.15, -0.1) is 0 Å². The summed E-state index contributed by atoms with van der Waals surface area (Å²) in [7, 11) is 1.70. The Kier molecular flexibility index (Phi) is 2.67. The summed E-state index contributed by atoms with van der Waals surface area (Å²) in [6.07, 6.45) is 4.11. The lowest BCUT2D eigenvalue weighted by Crippen LogP contribution is -1.97. The molecule has 0 aliphatic carbocycles. The van der Waals surface area contributed by atoms with Crippen molar-refractivity contribution in [3.63, 3.8) is 0 Å². The molecule has 0 saturated heterocycles. The normalized spacial score (nSPS) is 11.1. The van der Waals surface area contributed by atoms with Crippen LogP contribution in [-0.4, -0.2) is 14.5 Å². The van der Waals surface area contributed by atoms with Gasteiger partial charge in [0.2, 0.25) is 5.95 Å². The Morgan fingerprint density at radius 3 is 2.89 bits per heavy atom.